The molecule has 39 heavy (non-hydrogen) atoms. The summed E-state index contributed by atoms with van der Waals surface area (Å²) in [5, 5.41) is 13.3. The Bertz CT molecular complexity index is 1200. The molecule has 7 atom stereocenters. The molecule has 1 aromatic carbocycles. The van der Waals surface area contributed by atoms with Gasteiger partial charge in [-0.2, -0.15) is 0 Å². The van der Waals surface area contributed by atoms with Crippen LogP contribution < -0.4 is 21.7 Å². The average Bonchev–Trinajstić information content (AvgIpc) is 2.92. The molecule has 2 aliphatic heterocycles. The second-order valence-electron chi connectivity index (χ2n) is 12.6. The summed E-state index contributed by atoms with van der Waals surface area (Å²) in [5.74, 6) is 3.10. The lowest BCUT2D eigenvalue weighted by Crippen LogP contribution is -2.49. The Hall–Kier alpha value is -1.90. The van der Waals surface area contributed by atoms with Crippen LogP contribution >= 0.6 is 0 Å². The monoisotopic (exact) mass is 555 g/mol. The number of nitrogens with zero attached hydrogens (tertiary/aromatic N) is 1. The van der Waals surface area contributed by atoms with E-state index in [9.17, 15) is 8.42 Å². The Morgan fingerprint density at radius 1 is 1.00 bits per heavy atom. The van der Waals surface area contributed by atoms with Crippen molar-refractivity contribution in [2.24, 2.45) is 23.7 Å². The number of hydrogen-bond donors (Lipinski definition) is 4. The van der Waals surface area contributed by atoms with Crippen LogP contribution in [0.2, 0.25) is 0 Å². The van der Waals surface area contributed by atoms with Gasteiger partial charge in [-0.15, -0.1) is 0 Å². The van der Waals surface area contributed by atoms with Gasteiger partial charge in [-0.1, -0.05) is 26.7 Å². The van der Waals surface area contributed by atoms with Crippen LogP contribution in [-0.4, -0.2) is 56.1 Å². The van der Waals surface area contributed by atoms with Crippen molar-refractivity contribution in [1.82, 2.24) is 15.6 Å². The molecule has 216 valence electrons. The van der Waals surface area contributed by atoms with E-state index in [2.05, 4.69) is 46.1 Å². The van der Waals surface area contributed by atoms with Crippen molar-refractivity contribution >= 4 is 32.1 Å². The summed E-state index contributed by atoms with van der Waals surface area (Å²) in [6.07, 6.45) is 12.1. The molecule has 4 fully saturated rings. The topological polar surface area (TPSA) is 109 Å². The van der Waals surface area contributed by atoms with E-state index in [-0.39, 0.29) is 23.0 Å². The third-order valence-electron chi connectivity index (χ3n) is 10.1. The van der Waals surface area contributed by atoms with E-state index in [1.165, 1.54) is 38.5 Å². The minimum absolute atomic E-state index is 0.153. The van der Waals surface area contributed by atoms with Crippen LogP contribution in [0, 0.1) is 23.7 Å². The molecular formula is C31H49N5O2S. The lowest BCUT2D eigenvalue weighted by atomic mass is 9.70. The minimum atomic E-state index is -3.06. The normalized spacial score (nSPS) is 33.1. The van der Waals surface area contributed by atoms with Crippen LogP contribution in [0.4, 0.5) is 11.5 Å². The molecule has 2 saturated heterocycles. The van der Waals surface area contributed by atoms with Crippen LogP contribution in [0.25, 0.3) is 10.8 Å². The first-order valence-corrected chi connectivity index (χ1v) is 17.1. The van der Waals surface area contributed by atoms with E-state index in [1.807, 2.05) is 6.07 Å². The first-order valence-electron chi connectivity index (χ1n) is 15.4. The Balaban J connectivity index is 1.36. The molecule has 4 aliphatic rings. The highest BCUT2D eigenvalue weighted by atomic mass is 32.2. The Kier molecular flexibility index (Phi) is 9.35. The van der Waals surface area contributed by atoms with Gasteiger partial charge in [-0.25, -0.2) is 13.4 Å². The largest absolute Gasteiger partial charge is 0.383 e. The number of hydrogen-bond acceptors (Lipinski definition) is 7. The van der Waals surface area contributed by atoms with Gasteiger partial charge in [0.2, 0.25) is 0 Å². The summed E-state index contributed by atoms with van der Waals surface area (Å²) in [7, 11) is -3.06. The van der Waals surface area contributed by atoms with Gasteiger partial charge in [-0.3, -0.25) is 0 Å². The van der Waals surface area contributed by atoms with E-state index in [1.54, 1.807) is 13.1 Å². The number of pyridine rings is 1. The molecule has 6 rings (SSSR count). The number of aromatic nitrogens is 1. The highest BCUT2D eigenvalue weighted by Gasteiger charge is 2.38. The lowest BCUT2D eigenvalue weighted by molar-refractivity contribution is 0.164. The van der Waals surface area contributed by atoms with Gasteiger partial charge in [0.25, 0.3) is 0 Å². The van der Waals surface area contributed by atoms with Crippen molar-refractivity contribution in [3.05, 3.63) is 30.5 Å². The summed E-state index contributed by atoms with van der Waals surface area (Å²) in [5.41, 5.74) is 7.21. The second kappa shape index (κ2) is 12.7. The maximum absolute atomic E-state index is 13.0. The van der Waals surface area contributed by atoms with Crippen LogP contribution in [0.5, 0.6) is 0 Å². The van der Waals surface area contributed by atoms with Gasteiger partial charge in [-0.05, 0) is 111 Å². The molecule has 0 radical (unpaired) electrons. The third-order valence-corrected chi connectivity index (χ3v) is 12.4. The van der Waals surface area contributed by atoms with Crippen molar-refractivity contribution < 1.29 is 8.42 Å². The van der Waals surface area contributed by atoms with Gasteiger partial charge in [0.1, 0.15) is 5.82 Å². The highest BCUT2D eigenvalue weighted by molar-refractivity contribution is 7.92. The molecule has 2 aromatic rings. The molecule has 4 bridgehead atoms. The quantitative estimate of drug-likeness (QED) is 0.421. The Morgan fingerprint density at radius 3 is 2.67 bits per heavy atom. The first kappa shape index (κ1) is 28.6. The molecule has 0 amide bonds. The molecule has 6 unspecified atom stereocenters. The molecule has 2 aliphatic carbocycles. The SMILES string of the molecule is CCS(=O)(=O)C1CCC2CC1CNCC(Nc1ccc3c(N)nccc3c1)[C@@H]1CCC(CCCCN2)C(C)C1. The fourth-order valence-electron chi connectivity index (χ4n) is 7.72. The van der Waals surface area contributed by atoms with Gasteiger partial charge < -0.3 is 21.7 Å². The van der Waals surface area contributed by atoms with Gasteiger partial charge in [0, 0.05) is 41.7 Å². The van der Waals surface area contributed by atoms with Crippen molar-refractivity contribution in [3.8, 4) is 0 Å². The standard InChI is InChI=1S/C31H49N5O2S/c1-3-39(37,38)30-12-10-26-18-25(30)19-33-20-29(24-8-7-22(21(2)16-24)6-4-5-14-34-26)36-27-9-11-28-23(17-27)13-15-35-31(28)32/h9,11,13,15,17,21-22,24-26,29-30,33-34,36H,3-8,10,12,14,16,18-20H2,1-2H3,(H2,32,35)/t21?,22?,24-,25?,26?,29?,30?/m1/s1. The maximum Gasteiger partial charge on any atom is 0.153 e. The van der Waals surface area contributed by atoms with Crippen molar-refractivity contribution in [3.63, 3.8) is 0 Å². The number of nitrogens with two attached hydrogens (primary N) is 1. The summed E-state index contributed by atoms with van der Waals surface area (Å²) >= 11 is 0. The summed E-state index contributed by atoms with van der Waals surface area (Å²) in [4.78, 5) is 4.23. The molecule has 1 aromatic heterocycles. The second-order valence-corrected chi connectivity index (χ2v) is 15.1. The Labute approximate surface area is 235 Å². The molecule has 7 nitrogen and oxygen atoms in total. The molecule has 8 heteroatoms. The number of anilines is 2. The summed E-state index contributed by atoms with van der Waals surface area (Å²) in [6.45, 7) is 6.91. The molecule has 0 spiro atoms. The predicted octanol–water partition coefficient (Wildman–Crippen LogP) is 4.99. The number of nitrogens with one attached hydrogen (secondary N) is 3. The third kappa shape index (κ3) is 6.88. The number of fused-ring (bicyclic) bond motifs is 10. The van der Waals surface area contributed by atoms with Gasteiger partial charge >= 0.3 is 0 Å². The smallest absolute Gasteiger partial charge is 0.153 e. The minimum Gasteiger partial charge on any atom is -0.383 e. The molecular weight excluding hydrogens is 506 g/mol. The molecule has 3 heterocycles. The van der Waals surface area contributed by atoms with Crippen LogP contribution in [0.3, 0.4) is 0 Å². The van der Waals surface area contributed by atoms with Crippen LogP contribution in [0.1, 0.15) is 71.6 Å². The fraction of sp³-hybridized carbons (Fsp3) is 0.710. The predicted molar refractivity (Wildman–Crippen MR) is 163 cm³/mol. The summed E-state index contributed by atoms with van der Waals surface area (Å²) in [6, 6.07) is 9.10. The van der Waals surface area contributed by atoms with Gasteiger partial charge in [0.15, 0.2) is 9.84 Å². The van der Waals surface area contributed by atoms with E-state index in [0.717, 1.165) is 67.2 Å². The number of rotatable bonds is 4. The van der Waals surface area contributed by atoms with Crippen molar-refractivity contribution in [2.45, 2.75) is 89.0 Å². The van der Waals surface area contributed by atoms with Crippen LogP contribution in [-0.2, 0) is 9.84 Å². The highest BCUT2D eigenvalue weighted by Crippen LogP contribution is 2.39. The molecule has 2 saturated carbocycles. The van der Waals surface area contributed by atoms with Crippen LogP contribution in [0.15, 0.2) is 30.5 Å². The van der Waals surface area contributed by atoms with E-state index < -0.39 is 9.84 Å². The number of nitrogen functional groups attached to an aromatic ring is 1. The Morgan fingerprint density at radius 2 is 1.85 bits per heavy atom. The summed E-state index contributed by atoms with van der Waals surface area (Å²) < 4.78 is 26.0. The number of benzene rings is 1. The fourth-order valence-corrected chi connectivity index (χ4v) is 9.44. The maximum atomic E-state index is 13.0. The van der Waals surface area contributed by atoms with E-state index in [0.29, 0.717) is 17.8 Å². The van der Waals surface area contributed by atoms with E-state index >= 15 is 0 Å². The van der Waals surface area contributed by atoms with Crippen molar-refractivity contribution in [1.29, 1.82) is 0 Å². The van der Waals surface area contributed by atoms with Gasteiger partial charge in [0.05, 0.1) is 5.25 Å². The zero-order valence-electron chi connectivity index (χ0n) is 23.9. The zero-order valence-corrected chi connectivity index (χ0v) is 24.7. The average molecular weight is 556 g/mol. The van der Waals surface area contributed by atoms with E-state index in [4.69, 9.17) is 5.73 Å². The zero-order chi connectivity index (χ0) is 27.4. The van der Waals surface area contributed by atoms with Crippen molar-refractivity contribution in [2.75, 3.05) is 36.4 Å². The first-order chi connectivity index (χ1) is 18.8. The number of sulfone groups is 1. The lowest BCUT2D eigenvalue weighted by Gasteiger charge is -2.40. The molecule has 5 N–H and O–H groups in total.